The molecule has 2 aromatic carbocycles. The summed E-state index contributed by atoms with van der Waals surface area (Å²) in [6.45, 7) is 1.98. The molecule has 0 radical (unpaired) electrons. The molecule has 0 aliphatic heterocycles. The third-order valence-corrected chi connectivity index (χ3v) is 4.87. The van der Waals surface area contributed by atoms with E-state index in [0.29, 0.717) is 16.3 Å². The molecule has 98 valence electrons. The van der Waals surface area contributed by atoms with Crippen molar-refractivity contribution in [1.29, 1.82) is 0 Å². The molecule has 1 N–H and O–H groups in total. The number of hydrogen-bond acceptors (Lipinski definition) is 1. The van der Waals surface area contributed by atoms with E-state index in [2.05, 4.69) is 43.8 Å². The second-order valence-corrected chi connectivity index (χ2v) is 6.42. The number of benzene rings is 2. The normalized spacial score (nSPS) is 10.3. The van der Waals surface area contributed by atoms with Gasteiger partial charge in [-0.2, -0.15) is 0 Å². The second-order valence-electron chi connectivity index (χ2n) is 4.01. The first-order valence-corrected chi connectivity index (χ1v) is 7.75. The van der Waals surface area contributed by atoms with Crippen LogP contribution in [0.25, 0.3) is 0 Å². The third-order valence-electron chi connectivity index (χ3n) is 2.61. The molecule has 2 rings (SSSR count). The van der Waals surface area contributed by atoms with Gasteiger partial charge < -0.3 is 5.32 Å². The highest BCUT2D eigenvalue weighted by Gasteiger charge is 2.13. The van der Waals surface area contributed by atoms with Gasteiger partial charge in [0.2, 0.25) is 0 Å². The predicted octanol–water partition coefficient (Wildman–Crippen LogP) is 5.27. The molecule has 0 atom stereocenters. The Morgan fingerprint density at radius 1 is 1.32 bits per heavy atom. The van der Waals surface area contributed by atoms with Crippen LogP contribution >= 0.6 is 50.1 Å². The Morgan fingerprint density at radius 3 is 2.79 bits per heavy atom. The van der Waals surface area contributed by atoms with Crippen molar-refractivity contribution in [3.63, 3.8) is 0 Å². The van der Waals surface area contributed by atoms with E-state index in [1.165, 1.54) is 0 Å². The van der Waals surface area contributed by atoms with E-state index in [-0.39, 0.29) is 5.91 Å². The SMILES string of the molecule is Cc1cccc(C(=O)Nc2cc(Br)ccc2Cl)c1I. The Balaban J connectivity index is 2.31. The van der Waals surface area contributed by atoms with Crippen molar-refractivity contribution >= 4 is 61.7 Å². The highest BCUT2D eigenvalue weighted by Crippen LogP contribution is 2.27. The first kappa shape index (κ1) is 14.8. The number of carbonyl (C=O) groups excluding carboxylic acids is 1. The molecule has 0 heterocycles. The van der Waals surface area contributed by atoms with Gasteiger partial charge in [0.05, 0.1) is 16.3 Å². The van der Waals surface area contributed by atoms with E-state index in [9.17, 15) is 4.79 Å². The summed E-state index contributed by atoms with van der Waals surface area (Å²) in [5, 5.41) is 3.34. The molecule has 0 saturated carbocycles. The average molecular weight is 451 g/mol. The predicted molar refractivity (Wildman–Crippen MR) is 91.0 cm³/mol. The summed E-state index contributed by atoms with van der Waals surface area (Å²) in [4.78, 5) is 12.3. The lowest BCUT2D eigenvalue weighted by atomic mass is 10.1. The summed E-state index contributed by atoms with van der Waals surface area (Å²) in [5.74, 6) is -0.159. The first-order chi connectivity index (χ1) is 8.99. The van der Waals surface area contributed by atoms with Crippen LogP contribution in [0, 0.1) is 10.5 Å². The van der Waals surface area contributed by atoms with Gasteiger partial charge in [-0.05, 0) is 59.3 Å². The molecule has 2 aromatic rings. The Bertz CT molecular complexity index is 645. The van der Waals surface area contributed by atoms with E-state index < -0.39 is 0 Å². The minimum Gasteiger partial charge on any atom is -0.321 e. The minimum absolute atomic E-state index is 0.159. The van der Waals surface area contributed by atoms with Crippen LogP contribution in [0.4, 0.5) is 5.69 Å². The maximum atomic E-state index is 12.3. The van der Waals surface area contributed by atoms with Crippen LogP contribution in [0.15, 0.2) is 40.9 Å². The zero-order chi connectivity index (χ0) is 14.0. The monoisotopic (exact) mass is 449 g/mol. The maximum absolute atomic E-state index is 12.3. The Hall–Kier alpha value is -0.590. The summed E-state index contributed by atoms with van der Waals surface area (Å²) >= 11 is 11.6. The number of amides is 1. The molecule has 0 spiro atoms. The molecule has 0 unspecified atom stereocenters. The molecule has 2 nitrogen and oxygen atoms in total. The zero-order valence-electron chi connectivity index (χ0n) is 10.0. The molecule has 5 heteroatoms. The van der Waals surface area contributed by atoms with Gasteiger partial charge in [-0.25, -0.2) is 0 Å². The standard InChI is InChI=1S/C14H10BrClINO/c1-8-3-2-4-10(13(8)17)14(19)18-12-7-9(15)5-6-11(12)16/h2-7H,1H3,(H,18,19). The molecule has 0 aliphatic carbocycles. The van der Waals surface area contributed by atoms with Gasteiger partial charge in [-0.3, -0.25) is 4.79 Å². The topological polar surface area (TPSA) is 29.1 Å². The second kappa shape index (κ2) is 6.24. The summed E-state index contributed by atoms with van der Waals surface area (Å²) < 4.78 is 1.81. The number of anilines is 1. The van der Waals surface area contributed by atoms with Crippen LogP contribution in [0.2, 0.25) is 5.02 Å². The van der Waals surface area contributed by atoms with Crippen LogP contribution in [0.1, 0.15) is 15.9 Å². The fourth-order valence-electron chi connectivity index (χ4n) is 1.61. The molecule has 0 aliphatic rings. The third kappa shape index (κ3) is 3.49. The quantitative estimate of drug-likeness (QED) is 0.621. The van der Waals surface area contributed by atoms with Gasteiger partial charge in [0.25, 0.3) is 5.91 Å². The Labute approximate surface area is 138 Å². The lowest BCUT2D eigenvalue weighted by Gasteiger charge is -2.10. The smallest absolute Gasteiger partial charge is 0.256 e. The molecular formula is C14H10BrClINO. The number of rotatable bonds is 2. The van der Waals surface area contributed by atoms with Gasteiger partial charge in [0, 0.05) is 8.04 Å². The van der Waals surface area contributed by atoms with E-state index in [4.69, 9.17) is 11.6 Å². The van der Waals surface area contributed by atoms with E-state index in [1.54, 1.807) is 18.2 Å². The fourth-order valence-corrected chi connectivity index (χ4v) is 2.74. The number of hydrogen-bond donors (Lipinski definition) is 1. The molecule has 0 fully saturated rings. The van der Waals surface area contributed by atoms with Crippen molar-refractivity contribution in [3.05, 3.63) is 60.6 Å². The molecule has 1 amide bonds. The molecule has 0 aromatic heterocycles. The maximum Gasteiger partial charge on any atom is 0.256 e. The number of nitrogens with one attached hydrogen (secondary N) is 1. The molecule has 19 heavy (non-hydrogen) atoms. The van der Waals surface area contributed by atoms with Crippen molar-refractivity contribution < 1.29 is 4.79 Å². The van der Waals surface area contributed by atoms with Crippen molar-refractivity contribution in [3.8, 4) is 0 Å². The van der Waals surface area contributed by atoms with Crippen LogP contribution < -0.4 is 5.32 Å². The van der Waals surface area contributed by atoms with Gasteiger partial charge in [-0.1, -0.05) is 39.7 Å². The van der Waals surface area contributed by atoms with Crippen molar-refractivity contribution in [2.24, 2.45) is 0 Å². The van der Waals surface area contributed by atoms with Crippen LogP contribution in [-0.4, -0.2) is 5.91 Å². The van der Waals surface area contributed by atoms with Crippen molar-refractivity contribution in [2.75, 3.05) is 5.32 Å². The minimum atomic E-state index is -0.159. The summed E-state index contributed by atoms with van der Waals surface area (Å²) in [6, 6.07) is 11.0. The van der Waals surface area contributed by atoms with Crippen LogP contribution in [0.3, 0.4) is 0 Å². The van der Waals surface area contributed by atoms with Gasteiger partial charge in [0.1, 0.15) is 0 Å². The summed E-state index contributed by atoms with van der Waals surface area (Å²) in [6.07, 6.45) is 0. The largest absolute Gasteiger partial charge is 0.321 e. The van der Waals surface area contributed by atoms with E-state index in [0.717, 1.165) is 13.6 Å². The van der Waals surface area contributed by atoms with E-state index in [1.807, 2.05) is 25.1 Å². The first-order valence-electron chi connectivity index (χ1n) is 5.50. The van der Waals surface area contributed by atoms with Gasteiger partial charge in [0.15, 0.2) is 0 Å². The lowest BCUT2D eigenvalue weighted by molar-refractivity contribution is 0.102. The van der Waals surface area contributed by atoms with Crippen molar-refractivity contribution in [2.45, 2.75) is 6.92 Å². The Morgan fingerprint density at radius 2 is 2.05 bits per heavy atom. The number of aryl methyl sites for hydroxylation is 1. The number of carbonyl (C=O) groups is 1. The summed E-state index contributed by atoms with van der Waals surface area (Å²) in [5.41, 5.74) is 2.32. The van der Waals surface area contributed by atoms with Gasteiger partial charge in [-0.15, -0.1) is 0 Å². The van der Waals surface area contributed by atoms with Gasteiger partial charge >= 0.3 is 0 Å². The average Bonchev–Trinajstić information content (AvgIpc) is 2.37. The van der Waals surface area contributed by atoms with Crippen molar-refractivity contribution in [1.82, 2.24) is 0 Å². The number of halogens is 3. The highest BCUT2D eigenvalue weighted by atomic mass is 127. The van der Waals surface area contributed by atoms with E-state index >= 15 is 0 Å². The lowest BCUT2D eigenvalue weighted by Crippen LogP contribution is -2.14. The molecule has 0 saturated heterocycles. The molecule has 0 bridgehead atoms. The highest BCUT2D eigenvalue weighted by molar-refractivity contribution is 14.1. The molecular weight excluding hydrogens is 440 g/mol. The Kier molecular flexibility index (Phi) is 4.86. The summed E-state index contributed by atoms with van der Waals surface area (Å²) in [7, 11) is 0. The fraction of sp³-hybridized carbons (Fsp3) is 0.0714. The zero-order valence-corrected chi connectivity index (χ0v) is 14.5. The van der Waals surface area contributed by atoms with Crippen LogP contribution in [-0.2, 0) is 0 Å². The van der Waals surface area contributed by atoms with Crippen LogP contribution in [0.5, 0.6) is 0 Å².